The number of anilines is 3. The van der Waals surface area contributed by atoms with Crippen molar-refractivity contribution < 1.29 is 14.4 Å². The van der Waals surface area contributed by atoms with Crippen molar-refractivity contribution in [1.29, 1.82) is 0 Å². The number of hydrogen-bond donors (Lipinski definition) is 1. The highest BCUT2D eigenvalue weighted by molar-refractivity contribution is 5.92. The summed E-state index contributed by atoms with van der Waals surface area (Å²) in [5, 5.41) is 7.96. The van der Waals surface area contributed by atoms with Crippen LogP contribution in [0.1, 0.15) is 30.0 Å². The largest absolute Gasteiger partial charge is 0.367 e. The van der Waals surface area contributed by atoms with E-state index in [0.29, 0.717) is 36.0 Å². The first kappa shape index (κ1) is 22.5. The van der Waals surface area contributed by atoms with Crippen LogP contribution in [0.2, 0.25) is 0 Å². The maximum Gasteiger partial charge on any atom is 0.242 e. The normalized spacial score (nSPS) is 13.1. The summed E-state index contributed by atoms with van der Waals surface area (Å²) in [5.74, 6) is 0.823. The minimum atomic E-state index is -0.158. The molecule has 0 bridgehead atoms. The molecular formula is C22H28N8O3. The number of rotatable bonds is 10. The number of carbonyl (C=O) groups is 2. The number of aromatic nitrogens is 4. The van der Waals surface area contributed by atoms with E-state index in [-0.39, 0.29) is 12.5 Å². The zero-order chi connectivity index (χ0) is 23.5. The van der Waals surface area contributed by atoms with Gasteiger partial charge in [-0.1, -0.05) is 0 Å². The Labute approximate surface area is 191 Å². The Morgan fingerprint density at radius 2 is 2.06 bits per heavy atom. The molecule has 0 saturated heterocycles. The molecule has 0 aromatic carbocycles. The van der Waals surface area contributed by atoms with Crippen molar-refractivity contribution >= 4 is 35.2 Å². The van der Waals surface area contributed by atoms with Crippen molar-refractivity contribution in [2.75, 3.05) is 50.1 Å². The number of carbonyl (C=O) groups excluding carboxylic acids is 2. The first-order valence-corrected chi connectivity index (χ1v) is 10.7. The number of hydrogen-bond acceptors (Lipinski definition) is 8. The van der Waals surface area contributed by atoms with Crippen LogP contribution >= 0.6 is 0 Å². The van der Waals surface area contributed by atoms with Crippen LogP contribution in [-0.2, 0) is 21.0 Å². The standard InChI is InChI=1S/C22H28N8O3/c1-27(2)21(32)13-30(14-31)19-7-16(15-5-6-15)10-29-12-17(24-22(19)29)11-28(3)18-8-20(26-33-4)25-23-9-18/h7-10,12,14-15H,5-6,11,13H2,1-4H3,(H,25,26). The Bertz CT molecular complexity index is 1160. The molecule has 0 spiro atoms. The molecule has 0 unspecified atom stereocenters. The number of amides is 2. The van der Waals surface area contributed by atoms with Crippen LogP contribution in [0.5, 0.6) is 0 Å². The molecule has 2 amide bonds. The molecule has 0 aliphatic heterocycles. The van der Waals surface area contributed by atoms with Crippen LogP contribution in [-0.4, -0.2) is 71.6 Å². The van der Waals surface area contributed by atoms with Crippen molar-refractivity contribution in [1.82, 2.24) is 24.5 Å². The molecule has 11 nitrogen and oxygen atoms in total. The lowest BCUT2D eigenvalue weighted by atomic mass is 10.1. The van der Waals surface area contributed by atoms with Crippen LogP contribution in [0.3, 0.4) is 0 Å². The summed E-state index contributed by atoms with van der Waals surface area (Å²) in [7, 11) is 6.79. The molecule has 11 heteroatoms. The van der Waals surface area contributed by atoms with Gasteiger partial charge in [0.1, 0.15) is 6.54 Å². The van der Waals surface area contributed by atoms with Gasteiger partial charge < -0.3 is 19.1 Å². The molecule has 4 rings (SSSR count). The van der Waals surface area contributed by atoms with E-state index in [0.717, 1.165) is 29.8 Å². The molecule has 1 fully saturated rings. The van der Waals surface area contributed by atoms with Gasteiger partial charge in [0.05, 0.1) is 36.9 Å². The van der Waals surface area contributed by atoms with Gasteiger partial charge in [-0.05, 0) is 30.4 Å². The van der Waals surface area contributed by atoms with Crippen LogP contribution in [0.4, 0.5) is 17.2 Å². The van der Waals surface area contributed by atoms with E-state index < -0.39 is 0 Å². The fourth-order valence-corrected chi connectivity index (χ4v) is 3.60. The van der Waals surface area contributed by atoms with Gasteiger partial charge in [-0.2, -0.15) is 5.10 Å². The number of pyridine rings is 1. The summed E-state index contributed by atoms with van der Waals surface area (Å²) in [6, 6.07) is 3.81. The molecule has 174 valence electrons. The Morgan fingerprint density at radius 1 is 1.27 bits per heavy atom. The van der Waals surface area contributed by atoms with Crippen LogP contribution in [0.25, 0.3) is 5.65 Å². The molecular weight excluding hydrogens is 424 g/mol. The molecule has 1 aliphatic carbocycles. The summed E-state index contributed by atoms with van der Waals surface area (Å²) in [6.07, 6.45) is 8.63. The Balaban J connectivity index is 1.66. The highest BCUT2D eigenvalue weighted by atomic mass is 16.6. The van der Waals surface area contributed by atoms with Crippen molar-refractivity contribution in [2.45, 2.75) is 25.3 Å². The molecule has 3 aromatic rings. The minimum absolute atomic E-state index is 0.0413. The zero-order valence-electron chi connectivity index (χ0n) is 19.2. The number of nitrogens with zero attached hydrogens (tertiary/aromatic N) is 7. The third-order valence-electron chi connectivity index (χ3n) is 5.58. The summed E-state index contributed by atoms with van der Waals surface area (Å²) in [6.45, 7) is 0.468. The number of likely N-dealkylation sites (N-methyl/N-ethyl adjacent to an activating group) is 1. The van der Waals surface area contributed by atoms with Crippen molar-refractivity contribution in [3.8, 4) is 0 Å². The van der Waals surface area contributed by atoms with Gasteiger partial charge in [0.25, 0.3) is 0 Å². The van der Waals surface area contributed by atoms with Crippen LogP contribution in [0.15, 0.2) is 30.7 Å². The van der Waals surface area contributed by atoms with Crippen molar-refractivity contribution in [2.24, 2.45) is 0 Å². The molecule has 3 aromatic heterocycles. The molecule has 1 N–H and O–H groups in total. The quantitative estimate of drug-likeness (QED) is 0.366. The molecule has 0 radical (unpaired) electrons. The van der Waals surface area contributed by atoms with Gasteiger partial charge >= 0.3 is 0 Å². The summed E-state index contributed by atoms with van der Waals surface area (Å²) in [5.41, 5.74) is 6.74. The summed E-state index contributed by atoms with van der Waals surface area (Å²) < 4.78 is 1.95. The lowest BCUT2D eigenvalue weighted by Crippen LogP contribution is -2.36. The number of fused-ring (bicyclic) bond motifs is 1. The van der Waals surface area contributed by atoms with Crippen LogP contribution in [0, 0.1) is 0 Å². The Hall–Kier alpha value is -3.73. The second-order valence-electron chi connectivity index (χ2n) is 8.38. The lowest BCUT2D eigenvalue weighted by Gasteiger charge is -2.20. The summed E-state index contributed by atoms with van der Waals surface area (Å²) >= 11 is 0. The lowest BCUT2D eigenvalue weighted by molar-refractivity contribution is -0.128. The zero-order valence-corrected chi connectivity index (χ0v) is 19.2. The third-order valence-corrected chi connectivity index (χ3v) is 5.58. The number of nitrogens with one attached hydrogen (secondary N) is 1. The van der Waals surface area contributed by atoms with E-state index in [1.807, 2.05) is 34.7 Å². The Kier molecular flexibility index (Phi) is 6.40. The van der Waals surface area contributed by atoms with Gasteiger partial charge in [0.15, 0.2) is 11.5 Å². The van der Waals surface area contributed by atoms with Gasteiger partial charge in [0, 0.05) is 39.6 Å². The highest BCUT2D eigenvalue weighted by Gasteiger charge is 2.27. The van der Waals surface area contributed by atoms with Gasteiger partial charge in [-0.15, -0.1) is 5.10 Å². The topological polar surface area (TPSA) is 108 Å². The average molecular weight is 453 g/mol. The second kappa shape index (κ2) is 9.41. The van der Waals surface area contributed by atoms with E-state index in [2.05, 4.69) is 21.9 Å². The van der Waals surface area contributed by atoms with E-state index >= 15 is 0 Å². The van der Waals surface area contributed by atoms with E-state index in [4.69, 9.17) is 9.82 Å². The fourth-order valence-electron chi connectivity index (χ4n) is 3.60. The molecule has 1 saturated carbocycles. The van der Waals surface area contributed by atoms with E-state index in [1.54, 1.807) is 20.3 Å². The molecule has 1 aliphatic rings. The monoisotopic (exact) mass is 452 g/mol. The smallest absolute Gasteiger partial charge is 0.242 e. The van der Waals surface area contributed by atoms with Crippen LogP contribution < -0.4 is 15.3 Å². The number of imidazole rings is 1. The predicted molar refractivity (Wildman–Crippen MR) is 124 cm³/mol. The first-order chi connectivity index (χ1) is 15.9. The highest BCUT2D eigenvalue weighted by Crippen LogP contribution is 2.41. The van der Waals surface area contributed by atoms with Crippen molar-refractivity contribution in [3.05, 3.63) is 42.0 Å². The van der Waals surface area contributed by atoms with Crippen molar-refractivity contribution in [3.63, 3.8) is 0 Å². The first-order valence-electron chi connectivity index (χ1n) is 10.7. The molecule has 3 heterocycles. The van der Waals surface area contributed by atoms with E-state index in [9.17, 15) is 9.59 Å². The maximum atomic E-state index is 12.3. The fraction of sp³-hybridized carbons (Fsp3) is 0.409. The average Bonchev–Trinajstić information content (AvgIpc) is 3.57. The molecule has 0 atom stereocenters. The van der Waals surface area contributed by atoms with Gasteiger partial charge in [0.2, 0.25) is 12.3 Å². The third kappa shape index (κ3) is 5.03. The SMILES string of the molecule is CONc1cc(N(C)Cc2cn3cc(C4CC4)cc(N(C=O)CC(=O)N(C)C)c3n2)cnn1. The maximum absolute atomic E-state index is 12.3. The Morgan fingerprint density at radius 3 is 2.73 bits per heavy atom. The van der Waals surface area contributed by atoms with E-state index in [1.165, 1.54) is 16.9 Å². The van der Waals surface area contributed by atoms with Gasteiger partial charge in [-0.3, -0.25) is 14.4 Å². The predicted octanol–water partition coefficient (Wildman–Crippen LogP) is 1.66. The molecule has 33 heavy (non-hydrogen) atoms. The van der Waals surface area contributed by atoms with Gasteiger partial charge in [-0.25, -0.2) is 10.5 Å². The second-order valence-corrected chi connectivity index (χ2v) is 8.38. The summed E-state index contributed by atoms with van der Waals surface area (Å²) in [4.78, 5) is 38.8. The minimum Gasteiger partial charge on any atom is -0.367 e.